The van der Waals surface area contributed by atoms with Gasteiger partial charge in [-0.3, -0.25) is 14.2 Å². The lowest BCUT2D eigenvalue weighted by Crippen LogP contribution is -2.19. The van der Waals surface area contributed by atoms with Crippen LogP contribution in [0.1, 0.15) is 16.1 Å². The highest BCUT2D eigenvalue weighted by Crippen LogP contribution is 2.40. The van der Waals surface area contributed by atoms with Gasteiger partial charge in [0.1, 0.15) is 5.69 Å². The van der Waals surface area contributed by atoms with Crippen molar-refractivity contribution >= 4 is 52.0 Å². The smallest absolute Gasteiger partial charge is 0.278 e. The van der Waals surface area contributed by atoms with Crippen LogP contribution in [0.3, 0.4) is 0 Å². The zero-order valence-corrected chi connectivity index (χ0v) is 21.4. The average molecular weight is 537 g/mol. The summed E-state index contributed by atoms with van der Waals surface area (Å²) in [6, 6.07) is 23.1. The molecule has 2 heterocycles. The van der Waals surface area contributed by atoms with Crippen molar-refractivity contribution in [2.75, 3.05) is 12.4 Å². The van der Waals surface area contributed by atoms with E-state index in [0.29, 0.717) is 28.0 Å². The number of rotatable bonds is 8. The zero-order chi connectivity index (χ0) is 25.1. The number of nitrogens with one attached hydrogen (secondary N) is 2. The largest absolute Gasteiger partial charge is 0.395 e. The van der Waals surface area contributed by atoms with Crippen molar-refractivity contribution in [3.8, 4) is 22.4 Å². The number of halogens is 2. The summed E-state index contributed by atoms with van der Waals surface area (Å²) in [7, 11) is 0. The Kier molecular flexibility index (Phi) is 7.34. The number of benzene rings is 3. The minimum absolute atomic E-state index is 0.0356. The molecule has 0 unspecified atom stereocenters. The highest BCUT2D eigenvalue weighted by atomic mass is 35.5. The molecule has 0 saturated carbocycles. The minimum atomic E-state index is -0.297. The lowest BCUT2D eigenvalue weighted by atomic mass is 9.98. The maximum atomic E-state index is 13.3. The van der Waals surface area contributed by atoms with Crippen molar-refractivity contribution in [1.29, 1.82) is 0 Å². The van der Waals surface area contributed by atoms with Crippen LogP contribution in [0.5, 0.6) is 0 Å². The van der Waals surface area contributed by atoms with Gasteiger partial charge in [0.2, 0.25) is 0 Å². The Morgan fingerprint density at radius 3 is 2.53 bits per heavy atom. The van der Waals surface area contributed by atoms with E-state index in [1.807, 2.05) is 77.6 Å². The molecule has 0 fully saturated rings. The summed E-state index contributed by atoms with van der Waals surface area (Å²) in [5.74, 6) is 0.0886. The Balaban J connectivity index is 1.73. The van der Waals surface area contributed by atoms with Crippen molar-refractivity contribution in [1.82, 2.24) is 19.5 Å². The van der Waals surface area contributed by atoms with Crippen LogP contribution in [0.4, 0.5) is 0 Å². The number of H-pyrrole nitrogens is 1. The van der Waals surface area contributed by atoms with Crippen LogP contribution >= 0.6 is 35.1 Å². The Bertz CT molecular complexity index is 1510. The van der Waals surface area contributed by atoms with Gasteiger partial charge in [0.05, 0.1) is 25.0 Å². The molecule has 36 heavy (non-hydrogen) atoms. The quantitative estimate of drug-likeness (QED) is 0.158. The van der Waals surface area contributed by atoms with Gasteiger partial charge in [0.25, 0.3) is 5.91 Å². The van der Waals surface area contributed by atoms with Crippen LogP contribution in [-0.2, 0) is 6.54 Å². The Labute approximate surface area is 222 Å². The molecule has 0 atom stereocenters. The van der Waals surface area contributed by atoms with E-state index in [1.165, 1.54) is 0 Å². The summed E-state index contributed by atoms with van der Waals surface area (Å²) >= 11 is 13.5. The molecule has 9 heteroatoms. The summed E-state index contributed by atoms with van der Waals surface area (Å²) in [6.07, 6.45) is 1.83. The fourth-order valence-electron chi connectivity index (χ4n) is 4.16. The highest BCUT2D eigenvalue weighted by molar-refractivity contribution is 7.97. The predicted octanol–water partition coefficient (Wildman–Crippen LogP) is 6.42. The lowest BCUT2D eigenvalue weighted by molar-refractivity contribution is 0.0981. The number of aliphatic hydroxyl groups excluding tert-OH is 1. The number of nitrogens with zero attached hydrogens (tertiary/aromatic N) is 2. The van der Waals surface area contributed by atoms with Gasteiger partial charge in [0.15, 0.2) is 0 Å². The fraction of sp³-hybridized carbons (Fsp3) is 0.111. The summed E-state index contributed by atoms with van der Waals surface area (Å²) in [5, 5.41) is 16.0. The molecule has 3 N–H and O–H groups in total. The topological polar surface area (TPSA) is 82.9 Å². The maximum Gasteiger partial charge on any atom is 0.278 e. The molecule has 6 nitrogen and oxygen atoms in total. The summed E-state index contributed by atoms with van der Waals surface area (Å²) in [5.41, 5.74) is 5.59. The highest BCUT2D eigenvalue weighted by Gasteiger charge is 2.25. The normalized spacial score (nSPS) is 11.2. The third-order valence-corrected chi connectivity index (χ3v) is 6.96. The SMILES string of the molecule is O=C(NSCCO)c1[nH]c2cc(Cl)ccc2c1-c1c(-c2ccccc2)cnn1Cc1ccc(Cl)cc1. The predicted molar refractivity (Wildman–Crippen MR) is 148 cm³/mol. The molecule has 1 amide bonds. The van der Waals surface area contributed by atoms with Crippen molar-refractivity contribution in [3.63, 3.8) is 0 Å². The second kappa shape index (κ2) is 10.8. The molecule has 3 aromatic carbocycles. The number of carbonyl (C=O) groups excluding carboxylic acids is 1. The number of fused-ring (bicyclic) bond motifs is 1. The Hall–Kier alpha value is -3.23. The van der Waals surface area contributed by atoms with Gasteiger partial charge in [-0.1, -0.05) is 71.7 Å². The van der Waals surface area contributed by atoms with Gasteiger partial charge >= 0.3 is 0 Å². The number of carbonyl (C=O) groups is 1. The molecule has 0 spiro atoms. The van der Waals surface area contributed by atoms with Crippen molar-refractivity contribution in [2.45, 2.75) is 6.54 Å². The van der Waals surface area contributed by atoms with Gasteiger partial charge in [0, 0.05) is 37.8 Å². The molecule has 0 bridgehead atoms. The first-order valence-corrected chi connectivity index (χ1v) is 13.0. The molecule has 0 aliphatic heterocycles. The van der Waals surface area contributed by atoms with Crippen LogP contribution in [0.2, 0.25) is 10.0 Å². The minimum Gasteiger partial charge on any atom is -0.395 e. The first-order chi connectivity index (χ1) is 17.5. The van der Waals surface area contributed by atoms with E-state index in [1.54, 1.807) is 6.07 Å². The van der Waals surface area contributed by atoms with E-state index in [9.17, 15) is 4.79 Å². The maximum absolute atomic E-state index is 13.3. The Morgan fingerprint density at radius 1 is 1.03 bits per heavy atom. The van der Waals surface area contributed by atoms with Crippen LogP contribution < -0.4 is 4.72 Å². The molecular weight excluding hydrogens is 515 g/mol. The lowest BCUT2D eigenvalue weighted by Gasteiger charge is -2.13. The number of hydrogen-bond acceptors (Lipinski definition) is 4. The summed E-state index contributed by atoms with van der Waals surface area (Å²) in [6.45, 7) is 0.450. The van der Waals surface area contributed by atoms with Crippen LogP contribution in [0.25, 0.3) is 33.3 Å². The molecule has 0 aliphatic carbocycles. The van der Waals surface area contributed by atoms with Gasteiger partial charge in [-0.25, -0.2) is 0 Å². The van der Waals surface area contributed by atoms with Gasteiger partial charge in [-0.2, -0.15) is 5.10 Å². The Morgan fingerprint density at radius 2 is 1.78 bits per heavy atom. The first-order valence-electron chi connectivity index (χ1n) is 11.3. The molecular formula is C27H22Cl2N4O2S. The van der Waals surface area contributed by atoms with Crippen molar-refractivity contribution in [3.05, 3.63) is 100 Å². The number of hydrogen-bond donors (Lipinski definition) is 3. The molecule has 0 aliphatic rings. The van der Waals surface area contributed by atoms with Crippen molar-refractivity contribution in [2.24, 2.45) is 0 Å². The summed E-state index contributed by atoms with van der Waals surface area (Å²) < 4.78 is 4.72. The summed E-state index contributed by atoms with van der Waals surface area (Å²) in [4.78, 5) is 16.6. The van der Waals surface area contributed by atoms with E-state index < -0.39 is 0 Å². The molecule has 0 radical (unpaired) electrons. The fourth-order valence-corrected chi connectivity index (χ4v) is 4.88. The average Bonchev–Trinajstić information content (AvgIpc) is 3.46. The molecule has 5 rings (SSSR count). The van der Waals surface area contributed by atoms with E-state index in [-0.39, 0.29) is 12.5 Å². The van der Waals surface area contributed by atoms with Crippen LogP contribution in [0, 0.1) is 0 Å². The molecule has 5 aromatic rings. The van der Waals surface area contributed by atoms with Gasteiger partial charge in [-0.15, -0.1) is 0 Å². The van der Waals surface area contributed by atoms with Crippen molar-refractivity contribution < 1.29 is 9.90 Å². The van der Waals surface area contributed by atoms with Crippen LogP contribution in [-0.4, -0.2) is 38.1 Å². The standard InChI is InChI=1S/C27H22Cl2N4O2S/c28-19-8-6-17(7-9-19)16-33-26(22(15-30-33)18-4-2-1-3-5-18)24-21-11-10-20(29)14-23(21)31-25(24)27(35)32-36-13-12-34/h1-11,14-15,31,34H,12-13,16H2,(H,32,35). The van der Waals surface area contributed by atoms with E-state index in [4.69, 9.17) is 33.4 Å². The molecule has 2 aromatic heterocycles. The zero-order valence-electron chi connectivity index (χ0n) is 19.0. The molecule has 0 saturated heterocycles. The number of aromatic nitrogens is 3. The third-order valence-electron chi connectivity index (χ3n) is 5.75. The number of aromatic amines is 1. The second-order valence-electron chi connectivity index (χ2n) is 8.13. The number of amides is 1. The monoisotopic (exact) mass is 536 g/mol. The third kappa shape index (κ3) is 5.01. The van der Waals surface area contributed by atoms with Gasteiger partial charge < -0.3 is 10.1 Å². The number of aliphatic hydroxyl groups is 1. The second-order valence-corrected chi connectivity index (χ2v) is 9.90. The molecule has 182 valence electrons. The van der Waals surface area contributed by atoms with E-state index in [0.717, 1.165) is 50.8 Å². The van der Waals surface area contributed by atoms with E-state index >= 15 is 0 Å². The van der Waals surface area contributed by atoms with Gasteiger partial charge in [-0.05, 0) is 47.3 Å². The first kappa shape index (κ1) is 24.5. The van der Waals surface area contributed by atoms with E-state index in [2.05, 4.69) is 9.71 Å². The van der Waals surface area contributed by atoms with Crippen LogP contribution in [0.15, 0.2) is 79.0 Å².